The van der Waals surface area contributed by atoms with Crippen molar-refractivity contribution < 1.29 is 29.0 Å². The van der Waals surface area contributed by atoms with Crippen molar-refractivity contribution in [3.63, 3.8) is 0 Å². The smallest absolute Gasteiger partial charge is 0.407 e. The fourth-order valence-electron chi connectivity index (χ4n) is 8.47. The van der Waals surface area contributed by atoms with E-state index in [2.05, 4.69) is 45.1 Å². The van der Waals surface area contributed by atoms with Crippen LogP contribution in [0.2, 0.25) is 0 Å². The van der Waals surface area contributed by atoms with Crippen molar-refractivity contribution in [2.75, 3.05) is 20.7 Å². The second kappa shape index (κ2) is 15.4. The molecule has 1 aliphatic carbocycles. The largest absolute Gasteiger partial charge is 0.465 e. The number of alkyl carbamates (subject to hydrolysis) is 1. The van der Waals surface area contributed by atoms with E-state index < -0.39 is 24.3 Å². The SMILES string of the molecule is COC(=O)N[C@H](C(=O)N1[C@@H]2C[C@H]2C[C@H]1c1ncc(C#Cc2ccc3cc(-c4cnc([C@@H]5C[C@H](C)CN5C(=O)[C@H](C(C)C)N(C)C(=O)O)[nH]4)ccc3c2)[nH]1)C(C)C. The van der Waals surface area contributed by atoms with Gasteiger partial charge in [0.1, 0.15) is 29.4 Å². The number of likely N-dealkylation sites (N-methyl/N-ethyl adjacent to an activating group) is 1. The molecule has 2 saturated heterocycles. The van der Waals surface area contributed by atoms with Crippen LogP contribution in [0, 0.1) is 35.5 Å². The van der Waals surface area contributed by atoms with Crippen molar-refractivity contribution in [2.45, 2.75) is 84.1 Å². The van der Waals surface area contributed by atoms with Gasteiger partial charge in [-0.05, 0) is 77.8 Å². The summed E-state index contributed by atoms with van der Waals surface area (Å²) in [4.78, 5) is 72.2. The third-order valence-electron chi connectivity index (χ3n) is 11.5. The number of aromatic amines is 2. The van der Waals surface area contributed by atoms with Crippen molar-refractivity contribution in [3.05, 3.63) is 71.7 Å². The highest BCUT2D eigenvalue weighted by Crippen LogP contribution is 2.53. The van der Waals surface area contributed by atoms with Crippen LogP contribution < -0.4 is 5.32 Å². The average Bonchev–Trinajstić information content (AvgIpc) is 3.64. The number of fused-ring (bicyclic) bond motifs is 2. The number of nitrogens with one attached hydrogen (secondary N) is 3. The zero-order valence-electron chi connectivity index (χ0n) is 32.9. The molecule has 2 aromatic heterocycles. The van der Waals surface area contributed by atoms with Crippen molar-refractivity contribution in [1.29, 1.82) is 0 Å². The summed E-state index contributed by atoms with van der Waals surface area (Å²) in [7, 11) is 2.74. The number of carbonyl (C=O) groups excluding carboxylic acids is 3. The van der Waals surface area contributed by atoms with E-state index in [1.807, 2.05) is 62.9 Å². The Labute approximate surface area is 326 Å². The van der Waals surface area contributed by atoms with E-state index in [-0.39, 0.29) is 47.7 Å². The molecule has 56 heavy (non-hydrogen) atoms. The molecule has 14 heteroatoms. The summed E-state index contributed by atoms with van der Waals surface area (Å²) in [5.41, 5.74) is 3.27. The number of rotatable bonds is 9. The van der Waals surface area contributed by atoms with E-state index in [4.69, 9.17) is 9.72 Å². The van der Waals surface area contributed by atoms with Crippen LogP contribution in [0.1, 0.15) is 88.9 Å². The van der Waals surface area contributed by atoms with Crippen LogP contribution in [0.3, 0.4) is 0 Å². The predicted molar refractivity (Wildman–Crippen MR) is 209 cm³/mol. The Hall–Kier alpha value is -5.84. The Bertz CT molecular complexity index is 2220. The molecule has 0 bridgehead atoms. The van der Waals surface area contributed by atoms with Crippen LogP contribution in [0.25, 0.3) is 22.0 Å². The molecule has 0 radical (unpaired) electrons. The zero-order chi connectivity index (χ0) is 40.0. The average molecular weight is 763 g/mol. The minimum Gasteiger partial charge on any atom is -0.465 e. The maximum absolute atomic E-state index is 13.8. The maximum atomic E-state index is 13.8. The number of hydrogen-bond acceptors (Lipinski definition) is 7. The molecule has 2 aromatic carbocycles. The quantitative estimate of drug-likeness (QED) is 0.152. The van der Waals surface area contributed by atoms with E-state index in [1.165, 1.54) is 14.2 Å². The van der Waals surface area contributed by atoms with Gasteiger partial charge in [0, 0.05) is 30.8 Å². The highest BCUT2D eigenvalue weighted by atomic mass is 16.5. The Kier molecular flexibility index (Phi) is 10.5. The second-order valence-electron chi connectivity index (χ2n) is 16.2. The Morgan fingerprint density at radius 3 is 2.34 bits per heavy atom. The Morgan fingerprint density at radius 1 is 0.911 bits per heavy atom. The number of carbonyl (C=O) groups is 4. The number of methoxy groups -OCH3 is 1. The van der Waals surface area contributed by atoms with Crippen LogP contribution in [0.5, 0.6) is 0 Å². The van der Waals surface area contributed by atoms with Gasteiger partial charge in [-0.3, -0.25) is 14.5 Å². The molecule has 294 valence electrons. The van der Waals surface area contributed by atoms with Gasteiger partial charge >= 0.3 is 12.2 Å². The van der Waals surface area contributed by atoms with Gasteiger partial charge in [-0.2, -0.15) is 0 Å². The molecule has 3 aliphatic rings. The highest BCUT2D eigenvalue weighted by molar-refractivity contribution is 5.89. The van der Waals surface area contributed by atoms with Gasteiger partial charge in [0.25, 0.3) is 0 Å². The molecule has 0 spiro atoms. The number of benzene rings is 2. The van der Waals surface area contributed by atoms with E-state index in [1.54, 1.807) is 17.3 Å². The summed E-state index contributed by atoms with van der Waals surface area (Å²) < 4.78 is 4.77. The summed E-state index contributed by atoms with van der Waals surface area (Å²) >= 11 is 0. The highest BCUT2D eigenvalue weighted by Gasteiger charge is 2.56. The summed E-state index contributed by atoms with van der Waals surface area (Å²) in [6.07, 6.45) is 4.24. The lowest BCUT2D eigenvalue weighted by Gasteiger charge is -2.33. The topological polar surface area (TPSA) is 177 Å². The van der Waals surface area contributed by atoms with Crippen molar-refractivity contribution in [1.82, 2.24) is 40.0 Å². The minimum atomic E-state index is -1.13. The number of likely N-dealkylation sites (tertiary alicyclic amines) is 2. The van der Waals surface area contributed by atoms with Gasteiger partial charge in [-0.25, -0.2) is 19.6 Å². The molecule has 7 atom stereocenters. The van der Waals surface area contributed by atoms with E-state index in [0.717, 1.165) is 51.8 Å². The van der Waals surface area contributed by atoms with Gasteiger partial charge in [-0.15, -0.1) is 0 Å². The van der Waals surface area contributed by atoms with Crippen molar-refractivity contribution >= 4 is 34.8 Å². The van der Waals surface area contributed by atoms with E-state index in [0.29, 0.717) is 29.8 Å². The number of nitrogens with zero attached hydrogens (tertiary/aromatic N) is 5. The number of amides is 4. The molecule has 4 aromatic rings. The lowest BCUT2D eigenvalue weighted by atomic mass is 10.0. The molecule has 3 fully saturated rings. The molecule has 4 heterocycles. The molecular weight excluding hydrogens is 713 g/mol. The summed E-state index contributed by atoms with van der Waals surface area (Å²) in [6.45, 7) is 10.2. The van der Waals surface area contributed by atoms with Gasteiger partial charge in [0.05, 0.1) is 37.3 Å². The summed E-state index contributed by atoms with van der Waals surface area (Å²) in [5, 5.41) is 14.4. The number of hydrogen-bond donors (Lipinski definition) is 4. The maximum Gasteiger partial charge on any atom is 0.407 e. The zero-order valence-corrected chi connectivity index (χ0v) is 32.9. The molecule has 0 unspecified atom stereocenters. The first-order valence-electron chi connectivity index (χ1n) is 19.3. The lowest BCUT2D eigenvalue weighted by Crippen LogP contribution is -2.52. The Balaban J connectivity index is 1.04. The monoisotopic (exact) mass is 762 g/mol. The van der Waals surface area contributed by atoms with Crippen molar-refractivity contribution in [3.8, 4) is 23.1 Å². The van der Waals surface area contributed by atoms with Gasteiger partial charge < -0.3 is 34.9 Å². The fraction of sp³-hybridized carbons (Fsp3) is 0.476. The van der Waals surface area contributed by atoms with Crippen LogP contribution in [-0.4, -0.2) is 103 Å². The fourth-order valence-corrected chi connectivity index (χ4v) is 8.47. The third kappa shape index (κ3) is 7.54. The third-order valence-corrected chi connectivity index (χ3v) is 11.5. The van der Waals surface area contributed by atoms with Crippen LogP contribution in [0.15, 0.2) is 48.8 Å². The summed E-state index contributed by atoms with van der Waals surface area (Å²) in [6, 6.07) is 10.4. The Morgan fingerprint density at radius 2 is 1.62 bits per heavy atom. The van der Waals surface area contributed by atoms with Gasteiger partial charge in [-0.1, -0.05) is 58.7 Å². The van der Waals surface area contributed by atoms with Crippen LogP contribution in [-0.2, 0) is 14.3 Å². The number of imidazole rings is 2. The molecule has 4 N–H and O–H groups in total. The second-order valence-corrected chi connectivity index (χ2v) is 16.2. The van der Waals surface area contributed by atoms with Crippen LogP contribution >= 0.6 is 0 Å². The number of ether oxygens (including phenoxy) is 1. The van der Waals surface area contributed by atoms with Crippen LogP contribution in [0.4, 0.5) is 9.59 Å². The minimum absolute atomic E-state index is 0.111. The standard InChI is InChI=1S/C42H50N8O6/c1-22(2)35(47-41(53)56-7)39(51)50-32-17-29(32)18-34(50)38-43-19-30(45-38)13-9-25-8-10-27-16-28(12-11-26(27)15-25)31-20-44-37(46-31)33-14-24(5)21-49(33)40(52)36(23(3)4)48(6)42(54)55/h8,10-12,15-16,19-20,22-24,29,32-36H,14,17-18,21H2,1-7H3,(H,43,45)(H,44,46)(H,47,53)(H,54,55)/t24-,29-,32+,33-,34-,35-,36-/m0/s1. The molecule has 2 aliphatic heterocycles. The predicted octanol–water partition coefficient (Wildman–Crippen LogP) is 5.94. The normalized spacial score (nSPS) is 22.4. The molecule has 1 saturated carbocycles. The van der Waals surface area contributed by atoms with E-state index in [9.17, 15) is 24.3 Å². The number of piperidine rings is 1. The van der Waals surface area contributed by atoms with Gasteiger partial charge in [0.15, 0.2) is 0 Å². The lowest BCUT2D eigenvalue weighted by molar-refractivity contribution is -0.139. The first kappa shape index (κ1) is 38.4. The molecule has 14 nitrogen and oxygen atoms in total. The van der Waals surface area contributed by atoms with E-state index >= 15 is 0 Å². The molecular formula is C42H50N8O6. The number of H-pyrrole nitrogens is 2. The van der Waals surface area contributed by atoms with Crippen molar-refractivity contribution in [2.24, 2.45) is 23.7 Å². The summed E-state index contributed by atoms with van der Waals surface area (Å²) in [5.74, 6) is 7.87. The number of aromatic nitrogens is 4. The van der Waals surface area contributed by atoms with Gasteiger partial charge in [0.2, 0.25) is 11.8 Å². The first-order chi connectivity index (χ1) is 26.7. The number of carboxylic acid groups (broad SMARTS) is 1. The first-order valence-corrected chi connectivity index (χ1v) is 19.3. The molecule has 4 amide bonds. The molecule has 7 rings (SSSR count).